The molecule has 2 aromatic rings. The van der Waals surface area contributed by atoms with E-state index in [1.807, 2.05) is 12.3 Å². The number of hydrogen-bond donors (Lipinski definition) is 1. The Morgan fingerprint density at radius 2 is 1.88 bits per heavy atom. The Morgan fingerprint density at radius 3 is 2.60 bits per heavy atom. The molecule has 0 unspecified atom stereocenters. The molecule has 4 rings (SSSR count). The van der Waals surface area contributed by atoms with Crippen molar-refractivity contribution in [3.8, 4) is 11.4 Å². The minimum absolute atomic E-state index is 0.196. The van der Waals surface area contributed by atoms with Crippen LogP contribution in [0.2, 0.25) is 0 Å². The van der Waals surface area contributed by atoms with Crippen LogP contribution >= 0.6 is 0 Å². The Labute approximate surface area is 149 Å². The van der Waals surface area contributed by atoms with E-state index in [1.54, 1.807) is 0 Å². The van der Waals surface area contributed by atoms with E-state index in [0.29, 0.717) is 18.5 Å². The molecule has 1 N–H and O–H groups in total. The van der Waals surface area contributed by atoms with E-state index in [9.17, 15) is 4.79 Å². The zero-order valence-corrected chi connectivity index (χ0v) is 14.6. The van der Waals surface area contributed by atoms with Gasteiger partial charge < -0.3 is 9.88 Å². The number of imidazole rings is 1. The van der Waals surface area contributed by atoms with Crippen molar-refractivity contribution in [2.75, 3.05) is 19.6 Å². The van der Waals surface area contributed by atoms with Crippen LogP contribution in [0.4, 0.5) is 0 Å². The summed E-state index contributed by atoms with van der Waals surface area (Å²) < 4.78 is 2.27. The quantitative estimate of drug-likeness (QED) is 0.881. The van der Waals surface area contributed by atoms with Crippen molar-refractivity contribution in [1.82, 2.24) is 19.8 Å². The highest BCUT2D eigenvalue weighted by Crippen LogP contribution is 2.23. The average molecular weight is 338 g/mol. The minimum Gasteiger partial charge on any atom is -0.352 e. The molecule has 1 saturated carbocycles. The van der Waals surface area contributed by atoms with E-state index in [0.717, 1.165) is 51.1 Å². The normalized spacial score (nSPS) is 19.0. The van der Waals surface area contributed by atoms with Gasteiger partial charge in [-0.15, -0.1) is 0 Å². The van der Waals surface area contributed by atoms with E-state index >= 15 is 0 Å². The fourth-order valence-corrected chi connectivity index (χ4v) is 3.61. The standard InChI is InChI=1S/C20H26N4O/c25-19(22-18-6-7-18)15-23-11-8-16(9-12-23)14-24-13-10-21-20(24)17-4-2-1-3-5-17/h1-5,10,13,16,18H,6-9,11-12,14-15H2,(H,22,25). The summed E-state index contributed by atoms with van der Waals surface area (Å²) in [5.41, 5.74) is 1.17. The molecule has 5 heteroatoms. The molecule has 25 heavy (non-hydrogen) atoms. The van der Waals surface area contributed by atoms with Crippen LogP contribution < -0.4 is 5.32 Å². The number of likely N-dealkylation sites (tertiary alicyclic amines) is 1. The number of amides is 1. The molecule has 1 aliphatic carbocycles. The van der Waals surface area contributed by atoms with E-state index in [1.165, 1.54) is 5.56 Å². The monoisotopic (exact) mass is 338 g/mol. The zero-order chi connectivity index (χ0) is 17.1. The van der Waals surface area contributed by atoms with E-state index in [4.69, 9.17) is 0 Å². The number of aromatic nitrogens is 2. The highest BCUT2D eigenvalue weighted by atomic mass is 16.2. The van der Waals surface area contributed by atoms with Crippen LogP contribution in [0.25, 0.3) is 11.4 Å². The maximum atomic E-state index is 11.9. The second-order valence-corrected chi connectivity index (χ2v) is 7.33. The van der Waals surface area contributed by atoms with Gasteiger partial charge in [0.2, 0.25) is 5.91 Å². The third-order valence-corrected chi connectivity index (χ3v) is 5.22. The highest BCUT2D eigenvalue weighted by Gasteiger charge is 2.26. The fourth-order valence-electron chi connectivity index (χ4n) is 3.61. The summed E-state index contributed by atoms with van der Waals surface area (Å²) in [6.07, 6.45) is 8.56. The van der Waals surface area contributed by atoms with Gasteiger partial charge in [0.1, 0.15) is 5.82 Å². The third kappa shape index (κ3) is 4.28. The van der Waals surface area contributed by atoms with Crippen LogP contribution in [0.3, 0.4) is 0 Å². The minimum atomic E-state index is 0.196. The fraction of sp³-hybridized carbons (Fsp3) is 0.500. The SMILES string of the molecule is O=C(CN1CCC(Cn2ccnc2-c2ccccc2)CC1)NC1CC1. The van der Waals surface area contributed by atoms with Crippen LogP contribution in [0, 0.1) is 5.92 Å². The lowest BCUT2D eigenvalue weighted by Crippen LogP contribution is -2.42. The van der Waals surface area contributed by atoms with Gasteiger partial charge in [0.25, 0.3) is 0 Å². The summed E-state index contributed by atoms with van der Waals surface area (Å²) in [7, 11) is 0. The Kier molecular flexibility index (Phi) is 4.83. The Hall–Kier alpha value is -2.14. The molecule has 2 heterocycles. The summed E-state index contributed by atoms with van der Waals surface area (Å²) >= 11 is 0. The molecule has 0 atom stereocenters. The molecule has 2 aliphatic rings. The number of carbonyl (C=O) groups excluding carboxylic acids is 1. The van der Waals surface area contributed by atoms with Crippen LogP contribution in [-0.4, -0.2) is 46.0 Å². The molecule has 0 radical (unpaired) electrons. The van der Waals surface area contributed by atoms with Crippen molar-refractivity contribution >= 4 is 5.91 Å². The molecule has 1 aromatic carbocycles. The van der Waals surface area contributed by atoms with Crippen LogP contribution in [-0.2, 0) is 11.3 Å². The van der Waals surface area contributed by atoms with E-state index in [2.05, 4.69) is 50.2 Å². The largest absolute Gasteiger partial charge is 0.352 e. The number of hydrogen-bond acceptors (Lipinski definition) is 3. The van der Waals surface area contributed by atoms with Crippen LogP contribution in [0.5, 0.6) is 0 Å². The summed E-state index contributed by atoms with van der Waals surface area (Å²) in [4.78, 5) is 18.8. The molecule has 1 saturated heterocycles. The molecule has 0 bridgehead atoms. The van der Waals surface area contributed by atoms with Gasteiger partial charge >= 0.3 is 0 Å². The second kappa shape index (κ2) is 7.40. The lowest BCUT2D eigenvalue weighted by molar-refractivity contribution is -0.122. The molecule has 1 aromatic heterocycles. The Bertz CT molecular complexity index is 699. The molecule has 132 valence electrons. The summed E-state index contributed by atoms with van der Waals surface area (Å²) in [5.74, 6) is 1.90. The highest BCUT2D eigenvalue weighted by molar-refractivity contribution is 5.78. The predicted molar refractivity (Wildman–Crippen MR) is 98.0 cm³/mol. The second-order valence-electron chi connectivity index (χ2n) is 7.33. The first-order chi connectivity index (χ1) is 12.3. The molecule has 5 nitrogen and oxygen atoms in total. The van der Waals surface area contributed by atoms with Gasteiger partial charge in [0, 0.05) is 30.5 Å². The van der Waals surface area contributed by atoms with E-state index < -0.39 is 0 Å². The number of nitrogens with one attached hydrogen (secondary N) is 1. The molecule has 0 spiro atoms. The van der Waals surface area contributed by atoms with Gasteiger partial charge in [0.05, 0.1) is 6.54 Å². The first-order valence-corrected chi connectivity index (χ1v) is 9.36. The van der Waals surface area contributed by atoms with Gasteiger partial charge in [0.15, 0.2) is 0 Å². The van der Waals surface area contributed by atoms with Gasteiger partial charge in [-0.1, -0.05) is 30.3 Å². The van der Waals surface area contributed by atoms with Crippen molar-refractivity contribution in [2.24, 2.45) is 5.92 Å². The Morgan fingerprint density at radius 1 is 1.12 bits per heavy atom. The number of nitrogens with zero attached hydrogens (tertiary/aromatic N) is 3. The van der Waals surface area contributed by atoms with Gasteiger partial charge in [-0.05, 0) is 44.7 Å². The van der Waals surface area contributed by atoms with Crippen molar-refractivity contribution in [1.29, 1.82) is 0 Å². The number of rotatable bonds is 6. The number of piperidine rings is 1. The number of benzene rings is 1. The topological polar surface area (TPSA) is 50.2 Å². The predicted octanol–water partition coefficient (Wildman–Crippen LogP) is 2.54. The average Bonchev–Trinajstić information content (AvgIpc) is 3.32. The summed E-state index contributed by atoms with van der Waals surface area (Å²) in [6.45, 7) is 3.59. The first-order valence-electron chi connectivity index (χ1n) is 9.36. The van der Waals surface area contributed by atoms with Gasteiger partial charge in [-0.3, -0.25) is 9.69 Å². The number of carbonyl (C=O) groups is 1. The molecule has 2 fully saturated rings. The summed E-state index contributed by atoms with van der Waals surface area (Å²) in [6, 6.07) is 10.8. The molecule has 1 amide bonds. The van der Waals surface area contributed by atoms with Crippen LogP contribution in [0.1, 0.15) is 25.7 Å². The summed E-state index contributed by atoms with van der Waals surface area (Å²) in [5, 5.41) is 3.08. The molecule has 1 aliphatic heterocycles. The smallest absolute Gasteiger partial charge is 0.234 e. The zero-order valence-electron chi connectivity index (χ0n) is 14.6. The van der Waals surface area contributed by atoms with Crippen LogP contribution in [0.15, 0.2) is 42.7 Å². The van der Waals surface area contributed by atoms with Crippen molar-refractivity contribution in [2.45, 2.75) is 38.3 Å². The van der Waals surface area contributed by atoms with Crippen molar-refractivity contribution in [3.63, 3.8) is 0 Å². The molecular weight excluding hydrogens is 312 g/mol. The lowest BCUT2D eigenvalue weighted by Gasteiger charge is -2.31. The first kappa shape index (κ1) is 16.3. The maximum absolute atomic E-state index is 11.9. The van der Waals surface area contributed by atoms with Crippen molar-refractivity contribution in [3.05, 3.63) is 42.7 Å². The third-order valence-electron chi connectivity index (χ3n) is 5.22. The van der Waals surface area contributed by atoms with E-state index in [-0.39, 0.29) is 5.91 Å². The maximum Gasteiger partial charge on any atom is 0.234 e. The van der Waals surface area contributed by atoms with Gasteiger partial charge in [-0.25, -0.2) is 4.98 Å². The lowest BCUT2D eigenvalue weighted by atomic mass is 9.96. The van der Waals surface area contributed by atoms with Gasteiger partial charge in [-0.2, -0.15) is 0 Å². The molecular formula is C20H26N4O. The Balaban J connectivity index is 1.29. The van der Waals surface area contributed by atoms with Crippen molar-refractivity contribution < 1.29 is 4.79 Å².